The van der Waals surface area contributed by atoms with Gasteiger partial charge in [-0.1, -0.05) is 23.5 Å². The molecule has 0 saturated heterocycles. The van der Waals surface area contributed by atoms with Crippen LogP contribution in [0.3, 0.4) is 0 Å². The molecule has 2 nitrogen and oxygen atoms in total. The van der Waals surface area contributed by atoms with Crippen molar-refractivity contribution in [2.45, 2.75) is 19.6 Å². The van der Waals surface area contributed by atoms with Crippen molar-refractivity contribution in [3.05, 3.63) is 47.5 Å². The molecular formula is C14H6N2S2. The SMILES string of the molecule is N#Cc1ccc2c(c1)Sc1cc(C#N)ccc1S2. The average molecular weight is 266 g/mol. The molecule has 18 heavy (non-hydrogen) atoms. The lowest BCUT2D eigenvalue weighted by atomic mass is 10.2. The van der Waals surface area contributed by atoms with Crippen LogP contribution in [0.2, 0.25) is 0 Å². The molecule has 0 saturated carbocycles. The Bertz CT molecular complexity index is 662. The quantitative estimate of drug-likeness (QED) is 0.616. The minimum atomic E-state index is 0.668. The van der Waals surface area contributed by atoms with E-state index in [4.69, 9.17) is 10.5 Å². The first kappa shape index (κ1) is 11.2. The van der Waals surface area contributed by atoms with Gasteiger partial charge < -0.3 is 0 Å². The van der Waals surface area contributed by atoms with Gasteiger partial charge >= 0.3 is 0 Å². The second-order valence-electron chi connectivity index (χ2n) is 3.75. The van der Waals surface area contributed by atoms with Gasteiger partial charge in [0.1, 0.15) is 0 Å². The maximum Gasteiger partial charge on any atom is 0.0992 e. The molecule has 0 radical (unpaired) electrons. The number of fused-ring (bicyclic) bond motifs is 2. The lowest BCUT2D eigenvalue weighted by Crippen LogP contribution is -1.91. The second-order valence-corrected chi connectivity index (χ2v) is 5.92. The highest BCUT2D eigenvalue weighted by atomic mass is 32.2. The lowest BCUT2D eigenvalue weighted by molar-refractivity contribution is 1.15. The summed E-state index contributed by atoms with van der Waals surface area (Å²) in [6, 6.07) is 15.7. The van der Waals surface area contributed by atoms with E-state index in [1.807, 2.05) is 36.4 Å². The molecule has 1 heterocycles. The summed E-state index contributed by atoms with van der Waals surface area (Å²) < 4.78 is 0. The Hall–Kier alpha value is -1.88. The summed E-state index contributed by atoms with van der Waals surface area (Å²) in [5.41, 5.74) is 1.34. The van der Waals surface area contributed by atoms with Crippen LogP contribution in [0, 0.1) is 22.7 Å². The molecule has 2 aromatic rings. The van der Waals surface area contributed by atoms with Crippen molar-refractivity contribution in [3.63, 3.8) is 0 Å². The number of rotatable bonds is 0. The van der Waals surface area contributed by atoms with Gasteiger partial charge in [0.2, 0.25) is 0 Å². The fourth-order valence-electron chi connectivity index (χ4n) is 1.72. The smallest absolute Gasteiger partial charge is 0.0992 e. The van der Waals surface area contributed by atoms with Crippen molar-refractivity contribution < 1.29 is 0 Å². The number of nitriles is 2. The van der Waals surface area contributed by atoms with E-state index < -0.39 is 0 Å². The summed E-state index contributed by atoms with van der Waals surface area (Å²) in [4.78, 5) is 4.50. The zero-order valence-electron chi connectivity index (χ0n) is 9.18. The van der Waals surface area contributed by atoms with Crippen LogP contribution in [-0.4, -0.2) is 0 Å². The van der Waals surface area contributed by atoms with Gasteiger partial charge in [-0.05, 0) is 36.4 Å². The van der Waals surface area contributed by atoms with Crippen LogP contribution in [0.25, 0.3) is 0 Å². The Kier molecular flexibility index (Phi) is 2.76. The highest BCUT2D eigenvalue weighted by Crippen LogP contribution is 2.48. The molecular weight excluding hydrogens is 260 g/mol. The minimum absolute atomic E-state index is 0.668. The Morgan fingerprint density at radius 2 is 1.11 bits per heavy atom. The van der Waals surface area contributed by atoms with E-state index in [2.05, 4.69) is 12.1 Å². The first-order chi connectivity index (χ1) is 8.80. The molecule has 0 spiro atoms. The highest BCUT2D eigenvalue weighted by molar-refractivity contribution is 8.05. The fraction of sp³-hybridized carbons (Fsp3) is 0. The van der Waals surface area contributed by atoms with E-state index >= 15 is 0 Å². The van der Waals surface area contributed by atoms with Gasteiger partial charge in [-0.3, -0.25) is 0 Å². The van der Waals surface area contributed by atoms with Gasteiger partial charge in [-0.15, -0.1) is 0 Å². The van der Waals surface area contributed by atoms with Crippen molar-refractivity contribution in [2.75, 3.05) is 0 Å². The van der Waals surface area contributed by atoms with Gasteiger partial charge in [0, 0.05) is 19.6 Å². The summed E-state index contributed by atoms with van der Waals surface area (Å²) in [7, 11) is 0. The third-order valence-electron chi connectivity index (χ3n) is 2.59. The molecule has 0 aliphatic carbocycles. The maximum absolute atomic E-state index is 8.91. The van der Waals surface area contributed by atoms with Crippen LogP contribution in [0.1, 0.15) is 11.1 Å². The minimum Gasteiger partial charge on any atom is -0.192 e. The summed E-state index contributed by atoms with van der Waals surface area (Å²) >= 11 is 3.30. The molecule has 0 N–H and O–H groups in total. The Balaban J connectivity index is 2.07. The van der Waals surface area contributed by atoms with Crippen molar-refractivity contribution in [2.24, 2.45) is 0 Å². The molecule has 3 rings (SSSR count). The Morgan fingerprint density at radius 1 is 0.667 bits per heavy atom. The average Bonchev–Trinajstić information content (AvgIpc) is 2.43. The van der Waals surface area contributed by atoms with Gasteiger partial charge in [0.25, 0.3) is 0 Å². The normalized spacial score (nSPS) is 11.9. The zero-order valence-corrected chi connectivity index (χ0v) is 10.8. The van der Waals surface area contributed by atoms with Crippen LogP contribution in [0.4, 0.5) is 0 Å². The highest BCUT2D eigenvalue weighted by Gasteiger charge is 2.17. The molecule has 2 aromatic carbocycles. The molecule has 0 unspecified atom stereocenters. The van der Waals surface area contributed by atoms with Gasteiger partial charge in [-0.25, -0.2) is 0 Å². The third kappa shape index (κ3) is 1.86. The first-order valence-corrected chi connectivity index (χ1v) is 6.87. The van der Waals surface area contributed by atoms with E-state index in [0.29, 0.717) is 11.1 Å². The van der Waals surface area contributed by atoms with E-state index in [0.717, 1.165) is 19.6 Å². The molecule has 4 heteroatoms. The largest absolute Gasteiger partial charge is 0.192 e. The predicted octanol–water partition coefficient (Wildman–Crippen LogP) is 4.05. The van der Waals surface area contributed by atoms with Gasteiger partial charge in [-0.2, -0.15) is 10.5 Å². The van der Waals surface area contributed by atoms with Crippen LogP contribution in [-0.2, 0) is 0 Å². The standard InChI is InChI=1S/C14H6N2S2/c15-7-9-1-3-11-13(5-9)18-14-6-10(8-16)2-4-12(14)17-11/h1-6H. The fourth-order valence-corrected chi connectivity index (χ4v) is 3.99. The molecule has 0 fully saturated rings. The Morgan fingerprint density at radius 3 is 1.56 bits per heavy atom. The molecule has 1 aliphatic heterocycles. The topological polar surface area (TPSA) is 47.6 Å². The molecule has 1 aliphatic rings. The van der Waals surface area contributed by atoms with Crippen LogP contribution >= 0.6 is 23.5 Å². The van der Waals surface area contributed by atoms with E-state index in [-0.39, 0.29) is 0 Å². The number of nitrogens with zero attached hydrogens (tertiary/aromatic N) is 2. The lowest BCUT2D eigenvalue weighted by Gasteiger charge is -2.18. The Labute approximate surface area is 113 Å². The third-order valence-corrected chi connectivity index (χ3v) is 5.11. The maximum atomic E-state index is 8.91. The summed E-state index contributed by atoms with van der Waals surface area (Å²) in [5.74, 6) is 0. The first-order valence-electron chi connectivity index (χ1n) is 5.24. The number of hydrogen-bond acceptors (Lipinski definition) is 4. The predicted molar refractivity (Wildman–Crippen MR) is 70.6 cm³/mol. The zero-order chi connectivity index (χ0) is 12.5. The van der Waals surface area contributed by atoms with Gasteiger partial charge in [0.15, 0.2) is 0 Å². The molecule has 0 amide bonds. The summed E-state index contributed by atoms with van der Waals surface area (Å²) in [5, 5.41) is 17.8. The molecule has 0 atom stereocenters. The second kappa shape index (κ2) is 4.42. The molecule has 84 valence electrons. The van der Waals surface area contributed by atoms with Crippen LogP contribution in [0.15, 0.2) is 56.0 Å². The van der Waals surface area contributed by atoms with Crippen LogP contribution in [0.5, 0.6) is 0 Å². The monoisotopic (exact) mass is 266 g/mol. The summed E-state index contributed by atoms with van der Waals surface area (Å²) in [6.45, 7) is 0. The van der Waals surface area contributed by atoms with Crippen molar-refractivity contribution in [3.8, 4) is 12.1 Å². The van der Waals surface area contributed by atoms with E-state index in [1.54, 1.807) is 23.5 Å². The number of benzene rings is 2. The van der Waals surface area contributed by atoms with Crippen LogP contribution < -0.4 is 0 Å². The van der Waals surface area contributed by atoms with Gasteiger partial charge in [0.05, 0.1) is 23.3 Å². The molecule has 0 bridgehead atoms. The van der Waals surface area contributed by atoms with Crippen molar-refractivity contribution >= 4 is 23.5 Å². The van der Waals surface area contributed by atoms with Crippen molar-refractivity contribution in [1.82, 2.24) is 0 Å². The molecule has 0 aromatic heterocycles. The van der Waals surface area contributed by atoms with E-state index in [9.17, 15) is 0 Å². The van der Waals surface area contributed by atoms with Crippen molar-refractivity contribution in [1.29, 1.82) is 10.5 Å². The van der Waals surface area contributed by atoms with E-state index in [1.165, 1.54) is 0 Å². The number of hydrogen-bond donors (Lipinski definition) is 0. The summed E-state index contributed by atoms with van der Waals surface area (Å²) in [6.07, 6.45) is 0.